The standard InChI is InChI=1S/C25H19NO5/c27-20-10-6-12-22-23(20)19(15-31-22)25(29)26(17-7-2-1-3-8-17)13-16-14-30-21-11-5-4-9-18(21)24(16)28/h1-5,7-9,11,14-15H,6,10,12-13H2. The molecule has 0 saturated heterocycles. The second-order valence-corrected chi connectivity index (χ2v) is 7.54. The number of rotatable bonds is 4. The van der Waals surface area contributed by atoms with Crippen molar-refractivity contribution in [3.8, 4) is 0 Å². The van der Waals surface area contributed by atoms with Crippen LogP contribution in [0.5, 0.6) is 0 Å². The normalized spacial score (nSPS) is 13.2. The minimum atomic E-state index is -0.390. The van der Waals surface area contributed by atoms with E-state index in [1.165, 1.54) is 17.4 Å². The number of anilines is 1. The molecule has 6 heteroatoms. The average Bonchev–Trinajstić information content (AvgIpc) is 3.25. The molecule has 2 aromatic heterocycles. The largest absolute Gasteiger partial charge is 0.468 e. The SMILES string of the molecule is O=C1CCCc2occ(C(=O)N(Cc3coc4ccccc4c3=O)c3ccccc3)c21. The number of ketones is 1. The molecule has 0 saturated carbocycles. The Kier molecular flexibility index (Phi) is 4.75. The summed E-state index contributed by atoms with van der Waals surface area (Å²) in [5.41, 5.74) is 1.85. The van der Waals surface area contributed by atoms with Crippen LogP contribution < -0.4 is 10.3 Å². The molecule has 0 N–H and O–H groups in total. The van der Waals surface area contributed by atoms with Crippen molar-refractivity contribution in [2.75, 3.05) is 4.90 Å². The molecular formula is C25H19NO5. The van der Waals surface area contributed by atoms with Crippen molar-refractivity contribution in [1.29, 1.82) is 0 Å². The quantitative estimate of drug-likeness (QED) is 0.482. The first kappa shape index (κ1) is 19.1. The van der Waals surface area contributed by atoms with Gasteiger partial charge in [-0.25, -0.2) is 0 Å². The van der Waals surface area contributed by atoms with E-state index in [-0.39, 0.29) is 29.2 Å². The van der Waals surface area contributed by atoms with Gasteiger partial charge in [0.05, 0.1) is 34.9 Å². The number of benzene rings is 2. The first-order valence-electron chi connectivity index (χ1n) is 10.1. The van der Waals surface area contributed by atoms with E-state index >= 15 is 0 Å². The monoisotopic (exact) mass is 413 g/mol. The van der Waals surface area contributed by atoms with Crippen LogP contribution in [0.3, 0.4) is 0 Å². The molecule has 2 aromatic carbocycles. The summed E-state index contributed by atoms with van der Waals surface area (Å²) in [6, 6.07) is 16.0. The number of Topliss-reactive ketones (excluding diaryl/α,β-unsaturated/α-hetero) is 1. The number of furan rings is 1. The summed E-state index contributed by atoms with van der Waals surface area (Å²) in [7, 11) is 0. The number of nitrogens with zero attached hydrogens (tertiary/aromatic N) is 1. The minimum Gasteiger partial charge on any atom is -0.468 e. The Balaban J connectivity index is 1.59. The van der Waals surface area contributed by atoms with E-state index in [1.54, 1.807) is 36.4 Å². The van der Waals surface area contributed by atoms with Crippen LogP contribution >= 0.6 is 0 Å². The molecule has 0 unspecified atom stereocenters. The molecule has 0 spiro atoms. The number of para-hydroxylation sites is 2. The van der Waals surface area contributed by atoms with E-state index < -0.39 is 0 Å². The lowest BCUT2D eigenvalue weighted by Gasteiger charge is -2.23. The molecule has 4 aromatic rings. The molecule has 1 aliphatic carbocycles. The third kappa shape index (κ3) is 3.36. The average molecular weight is 413 g/mol. The molecule has 2 heterocycles. The highest BCUT2D eigenvalue weighted by atomic mass is 16.3. The molecule has 31 heavy (non-hydrogen) atoms. The molecule has 0 atom stereocenters. The van der Waals surface area contributed by atoms with Crippen LogP contribution in [0.15, 0.2) is 80.8 Å². The van der Waals surface area contributed by atoms with Crippen LogP contribution in [0.25, 0.3) is 11.0 Å². The van der Waals surface area contributed by atoms with Crippen LogP contribution in [0.4, 0.5) is 5.69 Å². The molecule has 0 aliphatic heterocycles. The Morgan fingerprint density at radius 3 is 2.52 bits per heavy atom. The number of carbonyl (C=O) groups excluding carboxylic acids is 2. The van der Waals surface area contributed by atoms with Gasteiger partial charge < -0.3 is 13.7 Å². The summed E-state index contributed by atoms with van der Waals surface area (Å²) in [6.07, 6.45) is 4.49. The predicted molar refractivity (Wildman–Crippen MR) is 115 cm³/mol. The maximum Gasteiger partial charge on any atom is 0.262 e. The van der Waals surface area contributed by atoms with Gasteiger partial charge in [0.15, 0.2) is 11.2 Å². The lowest BCUT2D eigenvalue weighted by atomic mass is 9.93. The molecular weight excluding hydrogens is 394 g/mol. The second-order valence-electron chi connectivity index (χ2n) is 7.54. The van der Waals surface area contributed by atoms with Gasteiger partial charge >= 0.3 is 0 Å². The number of fused-ring (bicyclic) bond motifs is 2. The topological polar surface area (TPSA) is 80.7 Å². The van der Waals surface area contributed by atoms with Crippen molar-refractivity contribution in [2.24, 2.45) is 0 Å². The molecule has 1 amide bonds. The lowest BCUT2D eigenvalue weighted by molar-refractivity contribution is 0.0944. The van der Waals surface area contributed by atoms with E-state index in [9.17, 15) is 14.4 Å². The Morgan fingerprint density at radius 1 is 0.903 bits per heavy atom. The lowest BCUT2D eigenvalue weighted by Crippen LogP contribution is -2.33. The molecule has 1 aliphatic rings. The van der Waals surface area contributed by atoms with Crippen molar-refractivity contribution >= 4 is 28.3 Å². The van der Waals surface area contributed by atoms with Crippen molar-refractivity contribution in [3.63, 3.8) is 0 Å². The third-order valence-electron chi connectivity index (χ3n) is 5.58. The minimum absolute atomic E-state index is 0.00413. The Bertz CT molecular complexity index is 1350. The van der Waals surface area contributed by atoms with Crippen LogP contribution in [0.2, 0.25) is 0 Å². The third-order valence-corrected chi connectivity index (χ3v) is 5.58. The molecule has 154 valence electrons. The number of carbonyl (C=O) groups is 2. The van der Waals surface area contributed by atoms with Crippen LogP contribution in [0, 0.1) is 0 Å². The Hall–Kier alpha value is -3.93. The van der Waals surface area contributed by atoms with Crippen molar-refractivity contribution < 1.29 is 18.4 Å². The summed E-state index contributed by atoms with van der Waals surface area (Å²) in [4.78, 5) is 40.6. The molecule has 0 fully saturated rings. The van der Waals surface area contributed by atoms with Gasteiger partial charge in [0, 0.05) is 18.5 Å². The van der Waals surface area contributed by atoms with Gasteiger partial charge in [0.25, 0.3) is 5.91 Å². The van der Waals surface area contributed by atoms with Crippen LogP contribution in [0.1, 0.15) is 44.9 Å². The summed E-state index contributed by atoms with van der Waals surface area (Å²) in [5, 5.41) is 0.455. The fourth-order valence-electron chi connectivity index (χ4n) is 4.01. The van der Waals surface area contributed by atoms with E-state index in [0.717, 1.165) is 0 Å². The highest BCUT2D eigenvalue weighted by Crippen LogP contribution is 2.29. The molecule has 5 rings (SSSR count). The number of aryl methyl sites for hydroxylation is 1. The van der Waals surface area contributed by atoms with Crippen LogP contribution in [-0.4, -0.2) is 11.7 Å². The molecule has 0 radical (unpaired) electrons. The van der Waals surface area contributed by atoms with E-state index in [0.29, 0.717) is 52.8 Å². The molecule has 6 nitrogen and oxygen atoms in total. The summed E-state index contributed by atoms with van der Waals surface area (Å²) < 4.78 is 11.2. The fraction of sp³-hybridized carbons (Fsp3) is 0.160. The summed E-state index contributed by atoms with van der Waals surface area (Å²) in [6.45, 7) is 0.00413. The van der Waals surface area contributed by atoms with Crippen molar-refractivity contribution in [1.82, 2.24) is 0 Å². The maximum atomic E-state index is 13.6. The number of amides is 1. The maximum absolute atomic E-state index is 13.6. The van der Waals surface area contributed by atoms with E-state index in [2.05, 4.69) is 0 Å². The summed E-state index contributed by atoms with van der Waals surface area (Å²) >= 11 is 0. The highest BCUT2D eigenvalue weighted by Gasteiger charge is 2.31. The second kappa shape index (κ2) is 7.72. The summed E-state index contributed by atoms with van der Waals surface area (Å²) in [5.74, 6) is 0.0772. The predicted octanol–water partition coefficient (Wildman–Crippen LogP) is 4.75. The zero-order valence-corrected chi connectivity index (χ0v) is 16.7. The van der Waals surface area contributed by atoms with Crippen molar-refractivity contribution in [3.05, 3.63) is 99.8 Å². The fourth-order valence-corrected chi connectivity index (χ4v) is 4.01. The van der Waals surface area contributed by atoms with Crippen LogP contribution in [-0.2, 0) is 13.0 Å². The first-order valence-corrected chi connectivity index (χ1v) is 10.1. The van der Waals surface area contributed by atoms with Gasteiger partial charge in [-0.3, -0.25) is 14.4 Å². The first-order chi connectivity index (χ1) is 15.1. The Labute approximate surface area is 177 Å². The Morgan fingerprint density at radius 2 is 1.68 bits per heavy atom. The van der Waals surface area contributed by atoms with Gasteiger partial charge in [0.1, 0.15) is 17.6 Å². The molecule has 0 bridgehead atoms. The highest BCUT2D eigenvalue weighted by molar-refractivity contribution is 6.14. The smallest absolute Gasteiger partial charge is 0.262 e. The number of hydrogen-bond donors (Lipinski definition) is 0. The van der Waals surface area contributed by atoms with Gasteiger partial charge in [-0.1, -0.05) is 30.3 Å². The zero-order chi connectivity index (χ0) is 21.4. The van der Waals surface area contributed by atoms with E-state index in [1.807, 2.05) is 18.2 Å². The van der Waals surface area contributed by atoms with Gasteiger partial charge in [-0.2, -0.15) is 0 Å². The van der Waals surface area contributed by atoms with Crippen molar-refractivity contribution in [2.45, 2.75) is 25.8 Å². The number of hydrogen-bond acceptors (Lipinski definition) is 5. The van der Waals surface area contributed by atoms with Gasteiger partial charge in [-0.05, 0) is 30.7 Å². The zero-order valence-electron chi connectivity index (χ0n) is 16.7. The van der Waals surface area contributed by atoms with Gasteiger partial charge in [0.2, 0.25) is 0 Å². The van der Waals surface area contributed by atoms with E-state index in [4.69, 9.17) is 8.83 Å². The van der Waals surface area contributed by atoms with Gasteiger partial charge in [-0.15, -0.1) is 0 Å².